The third kappa shape index (κ3) is 1.84. The van der Waals surface area contributed by atoms with Crippen molar-refractivity contribution in [2.45, 2.75) is 13.8 Å². The van der Waals surface area contributed by atoms with Crippen molar-refractivity contribution in [2.75, 3.05) is 0 Å². The van der Waals surface area contributed by atoms with Crippen LogP contribution in [0, 0.1) is 0 Å². The Hall–Kier alpha value is -2.88. The zero-order chi connectivity index (χ0) is 16.0. The first-order valence-electron chi connectivity index (χ1n) is 6.80. The van der Waals surface area contributed by atoms with Gasteiger partial charge in [0, 0.05) is 33.4 Å². The average molecular weight is 292 g/mol. The fourth-order valence-electron chi connectivity index (χ4n) is 2.83. The summed E-state index contributed by atoms with van der Waals surface area (Å²) in [6.45, 7) is 2.71. The molecule has 0 unspecified atom stereocenters. The predicted molar refractivity (Wildman–Crippen MR) is 79.8 cm³/mol. The minimum absolute atomic E-state index is 0.133. The molecular weight excluding hydrogens is 280 g/mol. The summed E-state index contributed by atoms with van der Waals surface area (Å²) in [5.41, 5.74) is 1.09. The zero-order valence-electron chi connectivity index (χ0n) is 12.1. The highest BCUT2D eigenvalue weighted by molar-refractivity contribution is 6.32. The first-order chi connectivity index (χ1) is 10.4. The Bertz CT molecular complexity index is 801. The quantitative estimate of drug-likeness (QED) is 0.681. The van der Waals surface area contributed by atoms with Gasteiger partial charge in [-0.3, -0.25) is 19.2 Å². The zero-order valence-corrected chi connectivity index (χ0v) is 12.1. The molecule has 0 amide bonds. The van der Waals surface area contributed by atoms with Gasteiger partial charge < -0.3 is 0 Å². The number of rotatable bonds is 2. The van der Waals surface area contributed by atoms with Crippen LogP contribution in [0.1, 0.15) is 66.4 Å². The molecule has 0 aromatic heterocycles. The van der Waals surface area contributed by atoms with E-state index in [1.165, 1.54) is 38.1 Å². The molecule has 0 saturated heterocycles. The van der Waals surface area contributed by atoms with E-state index in [1.54, 1.807) is 12.1 Å². The molecule has 0 saturated carbocycles. The van der Waals surface area contributed by atoms with Crippen molar-refractivity contribution in [3.8, 4) is 0 Å². The molecule has 0 radical (unpaired) electrons. The van der Waals surface area contributed by atoms with Crippen LogP contribution in [0.5, 0.6) is 0 Å². The van der Waals surface area contributed by atoms with Crippen molar-refractivity contribution in [1.29, 1.82) is 0 Å². The molecule has 3 rings (SSSR count). The first-order valence-corrected chi connectivity index (χ1v) is 6.80. The second kappa shape index (κ2) is 4.84. The van der Waals surface area contributed by atoms with Crippen LogP contribution in [-0.4, -0.2) is 23.1 Å². The standard InChI is InChI=1S/C18H12O4/c1-9(19)11-5-3-7-13-15(11)17(21)14-8-4-6-12(10(2)20)16(14)18(13)22/h3-8H,1-2H3. The van der Waals surface area contributed by atoms with E-state index in [-0.39, 0.29) is 44.9 Å². The first kappa shape index (κ1) is 14.1. The van der Waals surface area contributed by atoms with Crippen LogP contribution in [-0.2, 0) is 0 Å². The smallest absolute Gasteiger partial charge is 0.195 e. The molecule has 0 spiro atoms. The van der Waals surface area contributed by atoms with E-state index in [4.69, 9.17) is 0 Å². The van der Waals surface area contributed by atoms with Crippen LogP contribution in [0.4, 0.5) is 0 Å². The molecule has 2 aromatic carbocycles. The van der Waals surface area contributed by atoms with E-state index >= 15 is 0 Å². The Morgan fingerprint density at radius 2 is 1.05 bits per heavy atom. The molecule has 0 N–H and O–H groups in total. The second-order valence-electron chi connectivity index (χ2n) is 5.23. The van der Waals surface area contributed by atoms with Crippen LogP contribution >= 0.6 is 0 Å². The summed E-state index contributed by atoms with van der Waals surface area (Å²) in [5.74, 6) is -1.33. The summed E-state index contributed by atoms with van der Waals surface area (Å²) in [4.78, 5) is 49.0. The van der Waals surface area contributed by atoms with Crippen LogP contribution in [0.15, 0.2) is 36.4 Å². The van der Waals surface area contributed by atoms with E-state index in [0.29, 0.717) is 0 Å². The van der Waals surface area contributed by atoms with Gasteiger partial charge in [0.25, 0.3) is 0 Å². The van der Waals surface area contributed by atoms with E-state index in [9.17, 15) is 19.2 Å². The molecule has 0 bridgehead atoms. The Kier molecular flexibility index (Phi) is 3.10. The van der Waals surface area contributed by atoms with Crippen molar-refractivity contribution in [3.05, 3.63) is 69.8 Å². The Labute approximate surface area is 126 Å². The number of carbonyl (C=O) groups is 4. The van der Waals surface area contributed by atoms with E-state index in [1.807, 2.05) is 0 Å². The summed E-state index contributed by atoms with van der Waals surface area (Å²) in [6.07, 6.45) is 0. The predicted octanol–water partition coefficient (Wildman–Crippen LogP) is 2.87. The molecule has 4 heteroatoms. The van der Waals surface area contributed by atoms with Crippen molar-refractivity contribution in [1.82, 2.24) is 0 Å². The summed E-state index contributed by atoms with van der Waals surface area (Å²) in [6, 6.07) is 9.24. The van der Waals surface area contributed by atoms with Gasteiger partial charge in [0.15, 0.2) is 23.1 Å². The van der Waals surface area contributed by atoms with Gasteiger partial charge in [0.2, 0.25) is 0 Å². The minimum Gasteiger partial charge on any atom is -0.294 e. The van der Waals surface area contributed by atoms with Gasteiger partial charge in [-0.25, -0.2) is 0 Å². The van der Waals surface area contributed by atoms with Gasteiger partial charge in [0.1, 0.15) is 0 Å². The van der Waals surface area contributed by atoms with E-state index < -0.39 is 11.6 Å². The fraction of sp³-hybridized carbons (Fsp3) is 0.111. The minimum atomic E-state index is -0.390. The Morgan fingerprint density at radius 3 is 1.36 bits per heavy atom. The maximum absolute atomic E-state index is 12.7. The van der Waals surface area contributed by atoms with Crippen LogP contribution in [0.25, 0.3) is 0 Å². The molecule has 0 fully saturated rings. The third-order valence-corrected chi connectivity index (χ3v) is 3.83. The Balaban J connectivity index is 2.38. The van der Waals surface area contributed by atoms with Crippen molar-refractivity contribution < 1.29 is 19.2 Å². The third-order valence-electron chi connectivity index (χ3n) is 3.83. The van der Waals surface area contributed by atoms with Gasteiger partial charge in [-0.2, -0.15) is 0 Å². The largest absolute Gasteiger partial charge is 0.294 e. The fourth-order valence-corrected chi connectivity index (χ4v) is 2.83. The summed E-state index contributed by atoms with van der Waals surface area (Å²) in [7, 11) is 0. The van der Waals surface area contributed by atoms with E-state index in [2.05, 4.69) is 0 Å². The molecule has 1 aliphatic carbocycles. The summed E-state index contributed by atoms with van der Waals surface area (Å²) < 4.78 is 0. The van der Waals surface area contributed by atoms with Gasteiger partial charge in [-0.05, 0) is 13.8 Å². The van der Waals surface area contributed by atoms with Gasteiger partial charge in [0.05, 0.1) is 0 Å². The molecule has 2 aromatic rings. The molecule has 4 nitrogen and oxygen atoms in total. The molecule has 108 valence electrons. The topological polar surface area (TPSA) is 68.3 Å². The molecule has 0 aliphatic heterocycles. The van der Waals surface area contributed by atoms with Gasteiger partial charge >= 0.3 is 0 Å². The molecule has 0 atom stereocenters. The number of benzene rings is 2. The second-order valence-corrected chi connectivity index (χ2v) is 5.23. The highest BCUT2D eigenvalue weighted by Gasteiger charge is 2.34. The van der Waals surface area contributed by atoms with Gasteiger partial charge in [-0.1, -0.05) is 36.4 Å². The molecule has 22 heavy (non-hydrogen) atoms. The number of Topliss-reactive ketones (excluding diaryl/α,β-unsaturated/α-hetero) is 2. The average Bonchev–Trinajstić information content (AvgIpc) is 2.51. The lowest BCUT2D eigenvalue weighted by Crippen LogP contribution is -2.25. The van der Waals surface area contributed by atoms with Gasteiger partial charge in [-0.15, -0.1) is 0 Å². The monoisotopic (exact) mass is 292 g/mol. The SMILES string of the molecule is CC(=O)c1cccc2c1C(=O)c1cccc(C(C)=O)c1C2=O. The van der Waals surface area contributed by atoms with Crippen LogP contribution in [0.2, 0.25) is 0 Å². The molecule has 0 heterocycles. The summed E-state index contributed by atoms with van der Waals surface area (Å²) >= 11 is 0. The number of carbonyl (C=O) groups excluding carboxylic acids is 4. The number of hydrogen-bond donors (Lipinski definition) is 0. The lowest BCUT2D eigenvalue weighted by atomic mass is 9.79. The highest BCUT2D eigenvalue weighted by atomic mass is 16.1. The van der Waals surface area contributed by atoms with Crippen LogP contribution < -0.4 is 0 Å². The number of ketones is 4. The Morgan fingerprint density at radius 1 is 0.682 bits per heavy atom. The maximum atomic E-state index is 12.7. The number of fused-ring (bicyclic) bond motifs is 2. The van der Waals surface area contributed by atoms with Crippen molar-refractivity contribution in [2.24, 2.45) is 0 Å². The normalized spacial score (nSPS) is 12.6. The van der Waals surface area contributed by atoms with Crippen molar-refractivity contribution >= 4 is 23.1 Å². The summed E-state index contributed by atoms with van der Waals surface area (Å²) in [5, 5.41) is 0. The van der Waals surface area contributed by atoms with E-state index in [0.717, 1.165) is 0 Å². The molecule has 1 aliphatic rings. The lowest BCUT2D eigenvalue weighted by molar-refractivity contribution is 0.0958. The lowest BCUT2D eigenvalue weighted by Gasteiger charge is -2.20. The number of hydrogen-bond acceptors (Lipinski definition) is 4. The maximum Gasteiger partial charge on any atom is 0.195 e. The van der Waals surface area contributed by atoms with Crippen LogP contribution in [0.3, 0.4) is 0 Å². The van der Waals surface area contributed by atoms with Crippen molar-refractivity contribution in [3.63, 3.8) is 0 Å². The highest BCUT2D eigenvalue weighted by Crippen LogP contribution is 2.31. The molecular formula is C18H12O4.